The summed E-state index contributed by atoms with van der Waals surface area (Å²) >= 11 is 5.32. The lowest BCUT2D eigenvalue weighted by Crippen LogP contribution is -2.22. The number of hydrogen-bond acceptors (Lipinski definition) is 1. The van der Waals surface area contributed by atoms with Crippen molar-refractivity contribution in [2.75, 3.05) is 0 Å². The van der Waals surface area contributed by atoms with Gasteiger partial charge < -0.3 is 5.73 Å². The van der Waals surface area contributed by atoms with Gasteiger partial charge >= 0.3 is 6.18 Å². The fourth-order valence-corrected chi connectivity index (χ4v) is 1.45. The predicted octanol–water partition coefficient (Wildman–Crippen LogP) is 3.99. The number of hydrogen-bond donors (Lipinski definition) is 1. The van der Waals surface area contributed by atoms with Crippen LogP contribution in [0, 0.1) is 11.6 Å². The minimum Gasteiger partial charge on any atom is -0.323 e. The number of halogens is 7. The number of alkyl halides is 3. The van der Waals surface area contributed by atoms with Crippen molar-refractivity contribution < 1.29 is 22.0 Å². The highest BCUT2D eigenvalue weighted by molar-refractivity contribution is 6.30. The molecule has 0 heterocycles. The maximum Gasteiger partial charge on any atom is 0.390 e. The number of nitrogens with two attached hydrogens (primary N) is 1. The van der Waals surface area contributed by atoms with Crippen LogP contribution in [-0.2, 0) is 0 Å². The lowest BCUT2D eigenvalue weighted by Gasteiger charge is -2.16. The van der Waals surface area contributed by atoms with E-state index in [-0.39, 0.29) is 17.4 Å². The van der Waals surface area contributed by atoms with Gasteiger partial charge in [-0.25, -0.2) is 8.78 Å². The Balaban J connectivity index is 0.00000256. The summed E-state index contributed by atoms with van der Waals surface area (Å²) in [7, 11) is 0. The van der Waals surface area contributed by atoms with Gasteiger partial charge in [-0.15, -0.1) is 12.4 Å². The van der Waals surface area contributed by atoms with Crippen molar-refractivity contribution in [2.45, 2.75) is 18.6 Å². The molecule has 0 aromatic heterocycles. The van der Waals surface area contributed by atoms with Gasteiger partial charge in [0.1, 0.15) is 11.6 Å². The highest BCUT2D eigenvalue weighted by Gasteiger charge is 2.33. The van der Waals surface area contributed by atoms with Crippen molar-refractivity contribution in [3.8, 4) is 0 Å². The second-order valence-corrected chi connectivity index (χ2v) is 3.65. The third-order valence-corrected chi connectivity index (χ3v) is 2.08. The molecule has 0 fully saturated rings. The molecule has 1 aromatic rings. The summed E-state index contributed by atoms with van der Waals surface area (Å²) in [6.07, 6.45) is -6.08. The van der Waals surface area contributed by atoms with Gasteiger partial charge in [-0.2, -0.15) is 13.2 Å². The van der Waals surface area contributed by atoms with Crippen LogP contribution in [0.15, 0.2) is 12.1 Å². The molecule has 0 unspecified atom stereocenters. The Morgan fingerprint density at radius 2 is 1.59 bits per heavy atom. The lowest BCUT2D eigenvalue weighted by atomic mass is 10.0. The number of rotatable bonds is 2. The standard InChI is InChI=1S/C9H7ClF5N.ClH/c10-4-1-5(11)8(6(12)2-4)7(16)3-9(13,14)15;/h1-2,7H,3,16H2;1H/t7-;/m1./s1. The summed E-state index contributed by atoms with van der Waals surface area (Å²) < 4.78 is 62.3. The average Bonchev–Trinajstić information content (AvgIpc) is 1.96. The Morgan fingerprint density at radius 1 is 1.18 bits per heavy atom. The SMILES string of the molecule is Cl.N[C@H](CC(F)(F)F)c1c(F)cc(Cl)cc1F. The molecular weight excluding hydrogens is 288 g/mol. The molecule has 0 aliphatic rings. The van der Waals surface area contributed by atoms with E-state index >= 15 is 0 Å². The molecule has 8 heteroatoms. The van der Waals surface area contributed by atoms with E-state index in [0.29, 0.717) is 0 Å². The quantitative estimate of drug-likeness (QED) is 0.820. The minimum atomic E-state index is -4.59. The largest absolute Gasteiger partial charge is 0.390 e. The van der Waals surface area contributed by atoms with Crippen LogP contribution in [0.25, 0.3) is 0 Å². The van der Waals surface area contributed by atoms with Gasteiger partial charge in [0.05, 0.1) is 6.42 Å². The molecule has 98 valence electrons. The van der Waals surface area contributed by atoms with Crippen LogP contribution < -0.4 is 5.73 Å². The Bertz CT molecular complexity index is 370. The molecule has 1 aromatic carbocycles. The van der Waals surface area contributed by atoms with Crippen LogP contribution >= 0.6 is 24.0 Å². The van der Waals surface area contributed by atoms with E-state index in [9.17, 15) is 22.0 Å². The van der Waals surface area contributed by atoms with Gasteiger partial charge in [-0.3, -0.25) is 0 Å². The van der Waals surface area contributed by atoms with Crippen molar-refractivity contribution in [1.82, 2.24) is 0 Å². The van der Waals surface area contributed by atoms with E-state index in [0.717, 1.165) is 12.1 Å². The second-order valence-electron chi connectivity index (χ2n) is 3.21. The zero-order chi connectivity index (χ0) is 12.5. The van der Waals surface area contributed by atoms with Crippen molar-refractivity contribution in [3.05, 3.63) is 34.4 Å². The average molecular weight is 296 g/mol. The summed E-state index contributed by atoms with van der Waals surface area (Å²) in [5.74, 6) is -2.36. The molecule has 1 nitrogen and oxygen atoms in total. The lowest BCUT2D eigenvalue weighted by molar-refractivity contribution is -0.138. The van der Waals surface area contributed by atoms with Crippen LogP contribution in [0.2, 0.25) is 5.02 Å². The summed E-state index contributed by atoms with van der Waals surface area (Å²) in [6, 6.07) is -0.343. The molecule has 1 atom stereocenters. The van der Waals surface area contributed by atoms with Crippen molar-refractivity contribution >= 4 is 24.0 Å². The molecule has 1 rings (SSSR count). The predicted molar refractivity (Wildman–Crippen MR) is 56.2 cm³/mol. The van der Waals surface area contributed by atoms with E-state index in [1.165, 1.54) is 0 Å². The minimum absolute atomic E-state index is 0. The van der Waals surface area contributed by atoms with E-state index in [2.05, 4.69) is 0 Å². The zero-order valence-corrected chi connectivity index (χ0v) is 9.76. The van der Waals surface area contributed by atoms with Crippen LogP contribution in [-0.4, -0.2) is 6.18 Å². The van der Waals surface area contributed by atoms with Crippen molar-refractivity contribution in [2.24, 2.45) is 5.73 Å². The molecule has 0 saturated carbocycles. The monoisotopic (exact) mass is 295 g/mol. The molecule has 0 amide bonds. The van der Waals surface area contributed by atoms with E-state index in [4.69, 9.17) is 17.3 Å². The zero-order valence-electron chi connectivity index (χ0n) is 8.19. The Morgan fingerprint density at radius 3 is 1.94 bits per heavy atom. The number of benzene rings is 1. The van der Waals surface area contributed by atoms with Gasteiger partial charge in [0, 0.05) is 16.6 Å². The fraction of sp³-hybridized carbons (Fsp3) is 0.333. The van der Waals surface area contributed by atoms with E-state index in [1.54, 1.807) is 0 Å². The molecule has 17 heavy (non-hydrogen) atoms. The molecule has 0 bridgehead atoms. The van der Waals surface area contributed by atoms with Gasteiger partial charge in [0.15, 0.2) is 0 Å². The second kappa shape index (κ2) is 5.84. The van der Waals surface area contributed by atoms with Crippen molar-refractivity contribution in [3.63, 3.8) is 0 Å². The summed E-state index contributed by atoms with van der Waals surface area (Å²) in [5.41, 5.74) is 4.29. The maximum absolute atomic E-state index is 13.2. The fourth-order valence-electron chi connectivity index (χ4n) is 1.26. The molecule has 2 N–H and O–H groups in total. The molecule has 0 aliphatic carbocycles. The first-order valence-corrected chi connectivity index (χ1v) is 4.55. The van der Waals surface area contributed by atoms with Crippen LogP contribution in [0.3, 0.4) is 0 Å². The normalized spacial score (nSPS) is 13.1. The van der Waals surface area contributed by atoms with Crippen LogP contribution in [0.4, 0.5) is 22.0 Å². The van der Waals surface area contributed by atoms with Gasteiger partial charge in [0.2, 0.25) is 0 Å². The highest BCUT2D eigenvalue weighted by Crippen LogP contribution is 2.31. The van der Waals surface area contributed by atoms with E-state index in [1.807, 2.05) is 0 Å². The molecule has 0 aliphatic heterocycles. The molecule has 0 radical (unpaired) electrons. The summed E-state index contributed by atoms with van der Waals surface area (Å²) in [6.45, 7) is 0. The smallest absolute Gasteiger partial charge is 0.323 e. The summed E-state index contributed by atoms with van der Waals surface area (Å²) in [5, 5.41) is -0.238. The Kier molecular flexibility index (Phi) is 5.64. The topological polar surface area (TPSA) is 26.0 Å². The first-order valence-electron chi connectivity index (χ1n) is 4.17. The molecular formula is C9H8Cl2F5N. The van der Waals surface area contributed by atoms with Gasteiger partial charge in [0.25, 0.3) is 0 Å². The first kappa shape index (κ1) is 16.4. The highest BCUT2D eigenvalue weighted by atomic mass is 35.5. The van der Waals surface area contributed by atoms with Crippen LogP contribution in [0.5, 0.6) is 0 Å². The summed E-state index contributed by atoms with van der Waals surface area (Å²) in [4.78, 5) is 0. The van der Waals surface area contributed by atoms with Crippen LogP contribution in [0.1, 0.15) is 18.0 Å². The van der Waals surface area contributed by atoms with Gasteiger partial charge in [-0.1, -0.05) is 11.6 Å². The molecule has 0 saturated heterocycles. The first-order chi connectivity index (χ1) is 7.20. The third kappa shape index (κ3) is 4.65. The third-order valence-electron chi connectivity index (χ3n) is 1.87. The Hall–Kier alpha value is -0.590. The maximum atomic E-state index is 13.2. The Labute approximate surface area is 105 Å². The van der Waals surface area contributed by atoms with Crippen molar-refractivity contribution in [1.29, 1.82) is 0 Å². The van der Waals surface area contributed by atoms with E-state index < -0.39 is 35.8 Å². The molecule has 0 spiro atoms. The van der Waals surface area contributed by atoms with Gasteiger partial charge in [-0.05, 0) is 12.1 Å².